The van der Waals surface area contributed by atoms with E-state index in [2.05, 4.69) is 24.3 Å². The summed E-state index contributed by atoms with van der Waals surface area (Å²) in [6, 6.07) is 8.92. The molecule has 1 aromatic carbocycles. The third-order valence-corrected chi connectivity index (χ3v) is 4.66. The topological polar surface area (TPSA) is 29.5 Å². The van der Waals surface area contributed by atoms with E-state index in [0.29, 0.717) is 13.2 Å². The summed E-state index contributed by atoms with van der Waals surface area (Å²) in [5.74, 6) is 0.760. The van der Waals surface area contributed by atoms with E-state index in [1.165, 1.54) is 43.2 Å². The van der Waals surface area contributed by atoms with Gasteiger partial charge in [-0.25, -0.2) is 0 Å². The van der Waals surface area contributed by atoms with Crippen LogP contribution in [0.5, 0.6) is 0 Å². The van der Waals surface area contributed by atoms with Crippen LogP contribution >= 0.6 is 0 Å². The minimum atomic E-state index is -0.120. The molecule has 2 heteroatoms. The van der Waals surface area contributed by atoms with Crippen LogP contribution < -0.4 is 0 Å². The fraction of sp³-hybridized carbons (Fsp3) is 0.625. The lowest BCUT2D eigenvalue weighted by molar-refractivity contribution is -0.0841. The molecule has 1 N–H and O–H groups in total. The molecule has 0 amide bonds. The number of ether oxygens (including phenoxy) is 1. The minimum Gasteiger partial charge on any atom is -0.395 e. The molecule has 1 saturated heterocycles. The molecule has 0 bridgehead atoms. The van der Waals surface area contributed by atoms with Crippen molar-refractivity contribution in [2.24, 2.45) is 0 Å². The Kier molecular flexibility index (Phi) is 3.40. The molecule has 0 unspecified atom stereocenters. The third-order valence-electron chi connectivity index (χ3n) is 4.66. The summed E-state index contributed by atoms with van der Waals surface area (Å²) < 4.78 is 5.27. The lowest BCUT2D eigenvalue weighted by Gasteiger charge is -2.40. The molecule has 18 heavy (non-hydrogen) atoms. The summed E-state index contributed by atoms with van der Waals surface area (Å²) >= 11 is 0. The van der Waals surface area contributed by atoms with Gasteiger partial charge in [0.15, 0.2) is 0 Å². The van der Waals surface area contributed by atoms with Crippen molar-refractivity contribution in [2.45, 2.75) is 43.4 Å². The summed E-state index contributed by atoms with van der Waals surface area (Å²) in [6.07, 6.45) is 6.84. The Balaban J connectivity index is 1.76. The summed E-state index contributed by atoms with van der Waals surface area (Å²) in [7, 11) is 0. The predicted octanol–water partition coefficient (Wildman–Crippen LogP) is 2.99. The van der Waals surface area contributed by atoms with E-state index < -0.39 is 0 Å². The van der Waals surface area contributed by atoms with E-state index in [4.69, 9.17) is 4.74 Å². The molecular formula is C16H22O2. The fourth-order valence-corrected chi connectivity index (χ4v) is 3.24. The van der Waals surface area contributed by atoms with E-state index in [9.17, 15) is 5.11 Å². The van der Waals surface area contributed by atoms with Gasteiger partial charge in [-0.1, -0.05) is 43.5 Å². The number of hydrogen-bond donors (Lipinski definition) is 1. The number of hydrogen-bond acceptors (Lipinski definition) is 2. The van der Waals surface area contributed by atoms with Crippen molar-refractivity contribution >= 4 is 0 Å². The van der Waals surface area contributed by atoms with Crippen LogP contribution in [-0.4, -0.2) is 24.9 Å². The van der Waals surface area contributed by atoms with Gasteiger partial charge in [-0.3, -0.25) is 0 Å². The number of aliphatic hydroxyl groups is 1. The van der Waals surface area contributed by atoms with Gasteiger partial charge >= 0.3 is 0 Å². The zero-order chi connectivity index (χ0) is 12.4. The summed E-state index contributed by atoms with van der Waals surface area (Å²) in [5.41, 5.74) is 2.59. The van der Waals surface area contributed by atoms with Gasteiger partial charge in [-0.15, -0.1) is 0 Å². The zero-order valence-electron chi connectivity index (χ0n) is 10.9. The highest BCUT2D eigenvalue weighted by molar-refractivity contribution is 5.33. The SMILES string of the molecule is OCC1(c2ccc(C3CCCCC3)cc2)COC1. The Hall–Kier alpha value is -0.860. The average Bonchev–Trinajstić information content (AvgIpc) is 2.40. The van der Waals surface area contributed by atoms with Crippen LogP contribution in [0.3, 0.4) is 0 Å². The normalized spacial score (nSPS) is 23.6. The van der Waals surface area contributed by atoms with Crippen LogP contribution in [0.2, 0.25) is 0 Å². The van der Waals surface area contributed by atoms with E-state index in [1.807, 2.05) is 0 Å². The van der Waals surface area contributed by atoms with Crippen molar-refractivity contribution in [1.29, 1.82) is 0 Å². The van der Waals surface area contributed by atoms with Crippen molar-refractivity contribution in [3.05, 3.63) is 35.4 Å². The number of aliphatic hydroxyl groups excluding tert-OH is 1. The van der Waals surface area contributed by atoms with E-state index >= 15 is 0 Å². The number of rotatable bonds is 3. The van der Waals surface area contributed by atoms with Crippen LogP contribution in [0.25, 0.3) is 0 Å². The Bertz CT molecular complexity index is 381. The van der Waals surface area contributed by atoms with Gasteiger partial charge in [0.1, 0.15) is 0 Å². The first-order valence-corrected chi connectivity index (χ1v) is 7.13. The molecule has 1 heterocycles. The Labute approximate surface area is 109 Å². The van der Waals surface area contributed by atoms with Gasteiger partial charge in [0.25, 0.3) is 0 Å². The van der Waals surface area contributed by atoms with Crippen molar-refractivity contribution in [1.82, 2.24) is 0 Å². The van der Waals surface area contributed by atoms with Gasteiger partial charge < -0.3 is 9.84 Å². The van der Waals surface area contributed by atoms with Crippen LogP contribution in [0.15, 0.2) is 24.3 Å². The van der Waals surface area contributed by atoms with Crippen LogP contribution in [0.1, 0.15) is 49.1 Å². The molecule has 1 aromatic rings. The predicted molar refractivity (Wildman–Crippen MR) is 71.9 cm³/mol. The standard InChI is InChI=1S/C16H22O2/c17-10-16(11-18-12-16)15-8-6-14(7-9-15)13-4-2-1-3-5-13/h6-9,13,17H,1-5,10-12H2. The highest BCUT2D eigenvalue weighted by Gasteiger charge is 2.39. The lowest BCUT2D eigenvalue weighted by Crippen LogP contribution is -2.49. The zero-order valence-corrected chi connectivity index (χ0v) is 10.9. The van der Waals surface area contributed by atoms with E-state index in [-0.39, 0.29) is 12.0 Å². The lowest BCUT2D eigenvalue weighted by atomic mass is 9.78. The fourth-order valence-electron chi connectivity index (χ4n) is 3.24. The van der Waals surface area contributed by atoms with Crippen LogP contribution in [0, 0.1) is 0 Å². The van der Waals surface area contributed by atoms with E-state index in [1.54, 1.807) is 0 Å². The summed E-state index contributed by atoms with van der Waals surface area (Å²) in [4.78, 5) is 0. The van der Waals surface area contributed by atoms with Gasteiger partial charge in [0.05, 0.1) is 25.2 Å². The Morgan fingerprint density at radius 3 is 2.22 bits per heavy atom. The maximum Gasteiger partial charge on any atom is 0.0651 e. The van der Waals surface area contributed by atoms with Gasteiger partial charge in [0, 0.05) is 0 Å². The molecule has 2 fully saturated rings. The molecule has 0 aromatic heterocycles. The first-order chi connectivity index (χ1) is 8.84. The van der Waals surface area contributed by atoms with Crippen molar-refractivity contribution in [2.75, 3.05) is 19.8 Å². The maximum absolute atomic E-state index is 9.53. The van der Waals surface area contributed by atoms with Crippen molar-refractivity contribution in [3.8, 4) is 0 Å². The molecular weight excluding hydrogens is 224 g/mol. The largest absolute Gasteiger partial charge is 0.395 e. The molecule has 3 rings (SSSR count). The van der Waals surface area contributed by atoms with Crippen molar-refractivity contribution in [3.63, 3.8) is 0 Å². The molecule has 0 radical (unpaired) electrons. The molecule has 1 aliphatic heterocycles. The second-order valence-corrected chi connectivity index (χ2v) is 5.89. The van der Waals surface area contributed by atoms with Gasteiger partial charge in [-0.05, 0) is 29.9 Å². The first-order valence-electron chi connectivity index (χ1n) is 7.13. The monoisotopic (exact) mass is 246 g/mol. The highest BCUT2D eigenvalue weighted by Crippen LogP contribution is 2.35. The molecule has 0 atom stereocenters. The Morgan fingerprint density at radius 1 is 1.06 bits per heavy atom. The van der Waals surface area contributed by atoms with Crippen LogP contribution in [-0.2, 0) is 10.2 Å². The van der Waals surface area contributed by atoms with Gasteiger partial charge in [0.2, 0.25) is 0 Å². The maximum atomic E-state index is 9.53. The molecule has 1 aliphatic carbocycles. The quantitative estimate of drug-likeness (QED) is 0.888. The first kappa shape index (κ1) is 12.2. The average molecular weight is 246 g/mol. The van der Waals surface area contributed by atoms with Gasteiger partial charge in [-0.2, -0.15) is 0 Å². The molecule has 2 nitrogen and oxygen atoms in total. The molecule has 0 spiro atoms. The second-order valence-electron chi connectivity index (χ2n) is 5.89. The third kappa shape index (κ3) is 2.08. The van der Waals surface area contributed by atoms with E-state index in [0.717, 1.165) is 5.92 Å². The molecule has 98 valence electrons. The molecule has 2 aliphatic rings. The van der Waals surface area contributed by atoms with Crippen molar-refractivity contribution < 1.29 is 9.84 Å². The summed E-state index contributed by atoms with van der Waals surface area (Å²) in [6.45, 7) is 1.51. The second kappa shape index (κ2) is 5.02. The number of benzene rings is 1. The van der Waals surface area contributed by atoms with Crippen LogP contribution in [0.4, 0.5) is 0 Å². The summed E-state index contributed by atoms with van der Waals surface area (Å²) in [5, 5.41) is 9.53. The molecule has 1 saturated carbocycles. The smallest absolute Gasteiger partial charge is 0.0651 e. The Morgan fingerprint density at radius 2 is 1.72 bits per heavy atom. The highest BCUT2D eigenvalue weighted by atomic mass is 16.5. The minimum absolute atomic E-state index is 0.120.